The van der Waals surface area contributed by atoms with Crippen molar-refractivity contribution in [2.45, 2.75) is 99.0 Å². The average molecular weight is 514 g/mol. The van der Waals surface area contributed by atoms with Gasteiger partial charge in [-0.3, -0.25) is 9.59 Å². The van der Waals surface area contributed by atoms with Gasteiger partial charge in [-0.1, -0.05) is 19.3 Å². The molecule has 5 aliphatic carbocycles. The van der Waals surface area contributed by atoms with Crippen molar-refractivity contribution >= 4 is 29.5 Å². The number of aliphatic carboxylic acids is 1. The lowest BCUT2D eigenvalue weighted by Crippen LogP contribution is -2.61. The number of rotatable bonds is 7. The maximum absolute atomic E-state index is 13.7. The maximum Gasteiger partial charge on any atom is 0.303 e. The molecule has 3 atom stereocenters. The Balaban J connectivity index is 1.21. The Kier molecular flexibility index (Phi) is 6.69. The van der Waals surface area contributed by atoms with Crippen LogP contribution in [-0.2, 0) is 4.79 Å². The molecule has 196 valence electrons. The first kappa shape index (κ1) is 24.5. The van der Waals surface area contributed by atoms with Gasteiger partial charge in [0.2, 0.25) is 0 Å². The van der Waals surface area contributed by atoms with Gasteiger partial charge in [0.15, 0.2) is 0 Å². The number of hydrogen-bond donors (Lipinski definition) is 3. The SMILES string of the molecule is O=C(O)C[C@H]1CCN(c2ccc(C(=O)NC3[C@@H]4CC5C[C@@H]3CC(O)(C5)C4)c(SC3CCCCC3)n2)C1. The van der Waals surface area contributed by atoms with Crippen LogP contribution < -0.4 is 10.2 Å². The summed E-state index contributed by atoms with van der Waals surface area (Å²) in [5.74, 6) is 1.60. The molecule has 0 aromatic carbocycles. The first-order chi connectivity index (χ1) is 17.3. The minimum Gasteiger partial charge on any atom is -0.481 e. The Morgan fingerprint density at radius 1 is 1.08 bits per heavy atom. The van der Waals surface area contributed by atoms with E-state index >= 15 is 0 Å². The summed E-state index contributed by atoms with van der Waals surface area (Å²) in [7, 11) is 0. The molecule has 0 spiro atoms. The van der Waals surface area contributed by atoms with Crippen molar-refractivity contribution in [3.63, 3.8) is 0 Å². The van der Waals surface area contributed by atoms with Crippen LogP contribution in [0.25, 0.3) is 0 Å². The fraction of sp³-hybridized carbons (Fsp3) is 0.750. The van der Waals surface area contributed by atoms with Crippen LogP contribution in [0.2, 0.25) is 0 Å². The highest BCUT2D eigenvalue weighted by Crippen LogP contribution is 2.55. The van der Waals surface area contributed by atoms with E-state index in [9.17, 15) is 19.8 Å². The number of carbonyl (C=O) groups excluding carboxylic acids is 1. The summed E-state index contributed by atoms with van der Waals surface area (Å²) in [4.78, 5) is 32.0. The quantitative estimate of drug-likeness (QED) is 0.494. The van der Waals surface area contributed by atoms with Crippen molar-refractivity contribution in [2.24, 2.45) is 23.7 Å². The summed E-state index contributed by atoms with van der Waals surface area (Å²) >= 11 is 1.76. The van der Waals surface area contributed by atoms with Crippen LogP contribution in [0.5, 0.6) is 0 Å². The second-order valence-corrected chi connectivity index (χ2v) is 13.6. The molecule has 8 heteroatoms. The van der Waals surface area contributed by atoms with Gasteiger partial charge in [0, 0.05) is 30.8 Å². The Morgan fingerprint density at radius 2 is 1.83 bits per heavy atom. The fourth-order valence-electron chi connectivity index (χ4n) is 8.11. The zero-order valence-electron chi connectivity index (χ0n) is 21.0. The third kappa shape index (κ3) is 5.00. The number of carboxylic acids is 1. The minimum absolute atomic E-state index is 0.0259. The van der Waals surface area contributed by atoms with Gasteiger partial charge in [0.05, 0.1) is 11.2 Å². The number of carboxylic acid groups (broad SMARTS) is 1. The highest BCUT2D eigenvalue weighted by Gasteiger charge is 2.55. The van der Waals surface area contributed by atoms with Crippen LogP contribution in [-0.4, -0.2) is 57.1 Å². The van der Waals surface area contributed by atoms with E-state index in [-0.39, 0.29) is 24.3 Å². The normalized spacial score (nSPS) is 35.8. The monoisotopic (exact) mass is 513 g/mol. The number of amides is 1. The molecule has 1 aromatic rings. The van der Waals surface area contributed by atoms with E-state index in [0.717, 1.165) is 68.8 Å². The highest BCUT2D eigenvalue weighted by atomic mass is 32.2. The highest BCUT2D eigenvalue weighted by molar-refractivity contribution is 7.99. The van der Waals surface area contributed by atoms with E-state index in [1.54, 1.807) is 11.8 Å². The number of thioether (sulfide) groups is 1. The molecule has 5 saturated carbocycles. The predicted molar refractivity (Wildman–Crippen MR) is 139 cm³/mol. The molecule has 0 radical (unpaired) electrons. The Labute approximate surface area is 217 Å². The van der Waals surface area contributed by atoms with Crippen LogP contribution in [0, 0.1) is 23.7 Å². The molecule has 1 aliphatic heterocycles. The first-order valence-electron chi connectivity index (χ1n) is 14.0. The molecule has 1 saturated heterocycles. The molecule has 3 N–H and O–H groups in total. The lowest BCUT2D eigenvalue weighted by atomic mass is 9.52. The van der Waals surface area contributed by atoms with Gasteiger partial charge in [-0.25, -0.2) is 4.98 Å². The molecular formula is C28H39N3O4S. The number of anilines is 1. The van der Waals surface area contributed by atoms with Crippen LogP contribution in [0.3, 0.4) is 0 Å². The molecule has 4 bridgehead atoms. The summed E-state index contributed by atoms with van der Waals surface area (Å²) in [6, 6.07) is 4.04. The number of aliphatic hydroxyl groups is 1. The summed E-state index contributed by atoms with van der Waals surface area (Å²) in [6.45, 7) is 1.51. The standard InChI is InChI=1S/C28H39N3O4S/c32-24(33)12-17-8-9-31(16-17)23-7-6-22(27(29-23)36-21-4-2-1-3-5-21)26(34)30-25-19-10-18-11-20(25)15-28(35,13-18)14-19/h6-7,17-21,25,35H,1-5,8-16H2,(H,30,34)(H,32,33)/t17-,18?,19-,20-,25?,28?/m1/s1. The zero-order valence-corrected chi connectivity index (χ0v) is 21.8. The van der Waals surface area contributed by atoms with Crippen LogP contribution >= 0.6 is 11.8 Å². The number of carbonyl (C=O) groups is 2. The number of aromatic nitrogens is 1. The van der Waals surface area contributed by atoms with Gasteiger partial charge in [0.25, 0.3) is 5.91 Å². The van der Waals surface area contributed by atoms with Gasteiger partial charge < -0.3 is 20.4 Å². The third-order valence-electron chi connectivity index (χ3n) is 9.53. The molecular weight excluding hydrogens is 474 g/mol. The number of pyridine rings is 1. The topological polar surface area (TPSA) is 103 Å². The minimum atomic E-state index is -0.743. The van der Waals surface area contributed by atoms with Crippen molar-refractivity contribution in [3.8, 4) is 0 Å². The molecule has 2 heterocycles. The Morgan fingerprint density at radius 3 is 2.53 bits per heavy atom. The molecule has 7 nitrogen and oxygen atoms in total. The number of nitrogens with one attached hydrogen (secondary N) is 1. The summed E-state index contributed by atoms with van der Waals surface area (Å²) in [6.07, 6.45) is 12.0. The second kappa shape index (κ2) is 9.82. The maximum atomic E-state index is 13.7. The fourth-order valence-corrected chi connectivity index (χ4v) is 9.43. The second-order valence-electron chi connectivity index (χ2n) is 12.3. The van der Waals surface area contributed by atoms with Crippen molar-refractivity contribution in [1.29, 1.82) is 0 Å². The summed E-state index contributed by atoms with van der Waals surface area (Å²) < 4.78 is 0. The van der Waals surface area contributed by atoms with Crippen LogP contribution in [0.15, 0.2) is 17.2 Å². The largest absolute Gasteiger partial charge is 0.481 e. The van der Waals surface area contributed by atoms with Gasteiger partial charge in [-0.15, -0.1) is 11.8 Å². The molecule has 6 aliphatic rings. The van der Waals surface area contributed by atoms with Crippen LogP contribution in [0.1, 0.15) is 87.4 Å². The van der Waals surface area contributed by atoms with Gasteiger partial charge >= 0.3 is 5.97 Å². The van der Waals surface area contributed by atoms with E-state index in [4.69, 9.17) is 4.98 Å². The van der Waals surface area contributed by atoms with Gasteiger partial charge in [-0.2, -0.15) is 0 Å². The van der Waals surface area contributed by atoms with E-state index < -0.39 is 11.6 Å². The zero-order chi connectivity index (χ0) is 24.9. The molecule has 0 unspecified atom stereocenters. The smallest absolute Gasteiger partial charge is 0.303 e. The lowest BCUT2D eigenvalue weighted by Gasteiger charge is -2.58. The molecule has 36 heavy (non-hydrogen) atoms. The van der Waals surface area contributed by atoms with Crippen molar-refractivity contribution in [1.82, 2.24) is 10.3 Å². The average Bonchev–Trinajstić information content (AvgIpc) is 3.29. The number of hydrogen-bond acceptors (Lipinski definition) is 6. The Hall–Kier alpha value is -1.80. The Bertz CT molecular complexity index is 997. The third-order valence-corrected chi connectivity index (χ3v) is 10.9. The van der Waals surface area contributed by atoms with Crippen molar-refractivity contribution in [3.05, 3.63) is 17.7 Å². The van der Waals surface area contributed by atoms with E-state index in [0.29, 0.717) is 35.1 Å². The van der Waals surface area contributed by atoms with E-state index in [1.165, 1.54) is 19.3 Å². The first-order valence-corrected chi connectivity index (χ1v) is 14.9. The van der Waals surface area contributed by atoms with Crippen molar-refractivity contribution < 1.29 is 19.8 Å². The van der Waals surface area contributed by atoms with Gasteiger partial charge in [-0.05, 0) is 87.2 Å². The number of nitrogens with zero attached hydrogens (tertiary/aromatic N) is 2. The predicted octanol–water partition coefficient (Wildman–Crippen LogP) is 4.48. The van der Waals surface area contributed by atoms with E-state index in [2.05, 4.69) is 10.2 Å². The molecule has 7 rings (SSSR count). The summed E-state index contributed by atoms with van der Waals surface area (Å²) in [5.41, 5.74) is 0.167. The van der Waals surface area contributed by atoms with Crippen molar-refractivity contribution in [2.75, 3.05) is 18.0 Å². The summed E-state index contributed by atoms with van der Waals surface area (Å²) in [5, 5.41) is 24.8. The lowest BCUT2D eigenvalue weighted by molar-refractivity contribution is -0.138. The van der Waals surface area contributed by atoms with Crippen LogP contribution in [0.4, 0.5) is 5.82 Å². The molecule has 6 fully saturated rings. The molecule has 1 aromatic heterocycles. The van der Waals surface area contributed by atoms with Gasteiger partial charge in [0.1, 0.15) is 10.8 Å². The van der Waals surface area contributed by atoms with E-state index in [1.807, 2.05) is 12.1 Å². The molecule has 1 amide bonds.